The van der Waals surface area contributed by atoms with Crippen molar-refractivity contribution >= 4 is 33.0 Å². The topological polar surface area (TPSA) is 75.3 Å². The van der Waals surface area contributed by atoms with Gasteiger partial charge >= 0.3 is 0 Å². The molecule has 1 amide bonds. The molecule has 0 heterocycles. The molecule has 2 aromatic rings. The van der Waals surface area contributed by atoms with E-state index in [-0.39, 0.29) is 34.1 Å². The molecule has 0 aliphatic rings. The summed E-state index contributed by atoms with van der Waals surface area (Å²) in [6, 6.07) is 12.5. The summed E-state index contributed by atoms with van der Waals surface area (Å²) in [6.07, 6.45) is 2.09. The van der Waals surface area contributed by atoms with Gasteiger partial charge in [0.25, 0.3) is 0 Å². The number of sulfone groups is 1. The summed E-state index contributed by atoms with van der Waals surface area (Å²) in [5.41, 5.74) is 2.63. The second-order valence-corrected chi connectivity index (χ2v) is 8.58. The van der Waals surface area contributed by atoms with E-state index < -0.39 is 9.84 Å². The van der Waals surface area contributed by atoms with Crippen molar-refractivity contribution in [2.24, 2.45) is 0 Å². The van der Waals surface area contributed by atoms with Gasteiger partial charge in [0.1, 0.15) is 0 Å². The number of anilines is 1. The van der Waals surface area contributed by atoms with E-state index >= 15 is 0 Å². The quantitative estimate of drug-likeness (QED) is 0.752. The fourth-order valence-corrected chi connectivity index (χ4v) is 3.24. The molecule has 5 nitrogen and oxygen atoms in total. The summed E-state index contributed by atoms with van der Waals surface area (Å²) in [7, 11) is -3.37. The summed E-state index contributed by atoms with van der Waals surface area (Å²) < 4.78 is 23.3. The van der Waals surface area contributed by atoms with Crippen LogP contribution in [0, 0.1) is 0 Å². The average molecular weight is 395 g/mol. The lowest BCUT2D eigenvalue weighted by Gasteiger charge is -2.15. The number of carbonyl (C=O) groups excluding carboxylic acids is 1. The summed E-state index contributed by atoms with van der Waals surface area (Å²) in [6.45, 7) is 4.16. The van der Waals surface area contributed by atoms with Gasteiger partial charge in [-0.15, -0.1) is 0 Å². The molecule has 0 aromatic heterocycles. The molecule has 0 bridgehead atoms. The summed E-state index contributed by atoms with van der Waals surface area (Å²) in [5.74, 6) is -0.297. The zero-order valence-corrected chi connectivity index (χ0v) is 16.6. The normalized spacial score (nSPS) is 12.6. The second kappa shape index (κ2) is 8.66. The minimum atomic E-state index is -3.37. The number of hydrogen-bond acceptors (Lipinski definition) is 4. The van der Waals surface area contributed by atoms with E-state index in [2.05, 4.69) is 29.7 Å². The molecule has 7 heteroatoms. The van der Waals surface area contributed by atoms with Crippen LogP contribution in [0.2, 0.25) is 5.02 Å². The molecule has 0 unspecified atom stereocenters. The Morgan fingerprint density at radius 1 is 1.15 bits per heavy atom. The number of hydrogen-bond donors (Lipinski definition) is 2. The molecular formula is C19H23ClN2O3S. The maximum Gasteiger partial charge on any atom is 0.238 e. The highest BCUT2D eigenvalue weighted by Gasteiger charge is 2.13. The van der Waals surface area contributed by atoms with Gasteiger partial charge in [-0.05, 0) is 42.7 Å². The number of amides is 1. The van der Waals surface area contributed by atoms with Gasteiger partial charge in [0.2, 0.25) is 5.91 Å². The number of benzene rings is 2. The van der Waals surface area contributed by atoms with Crippen LogP contribution in [-0.2, 0) is 21.1 Å². The van der Waals surface area contributed by atoms with Crippen LogP contribution in [0.4, 0.5) is 5.69 Å². The van der Waals surface area contributed by atoms with Gasteiger partial charge in [-0.2, -0.15) is 0 Å². The standard InChI is InChI=1S/C19H23ClN2O3S/c1-4-14-5-7-15(8-6-14)13(2)21-12-19(23)22-18-11-16(26(3,24)25)9-10-17(18)20/h5-11,13,21H,4,12H2,1-3H3,(H,22,23)/t13-/m0/s1. The van der Waals surface area contributed by atoms with Crippen LogP contribution in [0.5, 0.6) is 0 Å². The van der Waals surface area contributed by atoms with Gasteiger partial charge in [-0.3, -0.25) is 4.79 Å². The number of halogens is 1. The molecule has 0 aliphatic carbocycles. The summed E-state index contributed by atoms with van der Waals surface area (Å²) >= 11 is 6.05. The third-order valence-corrected chi connectivity index (χ3v) is 5.54. The Labute approximate surface area is 159 Å². The van der Waals surface area contributed by atoms with Crippen LogP contribution in [-0.4, -0.2) is 27.1 Å². The van der Waals surface area contributed by atoms with Gasteiger partial charge in [0.05, 0.1) is 22.2 Å². The van der Waals surface area contributed by atoms with Crippen LogP contribution in [0.1, 0.15) is 31.0 Å². The van der Waals surface area contributed by atoms with E-state index in [1.807, 2.05) is 19.1 Å². The maximum absolute atomic E-state index is 12.2. The van der Waals surface area contributed by atoms with E-state index in [9.17, 15) is 13.2 Å². The minimum Gasteiger partial charge on any atom is -0.324 e. The summed E-state index contributed by atoms with van der Waals surface area (Å²) in [4.78, 5) is 12.3. The third kappa shape index (κ3) is 5.56. The first kappa shape index (κ1) is 20.4. The third-order valence-electron chi connectivity index (χ3n) is 4.10. The van der Waals surface area contributed by atoms with Crippen molar-refractivity contribution in [1.82, 2.24) is 5.32 Å². The number of carbonyl (C=O) groups is 1. The molecule has 1 atom stereocenters. The Hall–Kier alpha value is -1.89. The van der Waals surface area contributed by atoms with E-state index in [0.29, 0.717) is 0 Å². The highest BCUT2D eigenvalue weighted by molar-refractivity contribution is 7.90. The Morgan fingerprint density at radius 2 is 1.81 bits per heavy atom. The summed E-state index contributed by atoms with van der Waals surface area (Å²) in [5, 5.41) is 6.08. The van der Waals surface area contributed by atoms with E-state index in [4.69, 9.17) is 11.6 Å². The van der Waals surface area contributed by atoms with Gasteiger partial charge in [0, 0.05) is 12.3 Å². The van der Waals surface area contributed by atoms with Gasteiger partial charge < -0.3 is 10.6 Å². The molecule has 0 aliphatic heterocycles. The number of nitrogens with one attached hydrogen (secondary N) is 2. The van der Waals surface area contributed by atoms with Crippen LogP contribution < -0.4 is 10.6 Å². The monoisotopic (exact) mass is 394 g/mol. The Kier molecular flexibility index (Phi) is 6.81. The van der Waals surface area contributed by atoms with Crippen molar-refractivity contribution in [3.05, 3.63) is 58.6 Å². The van der Waals surface area contributed by atoms with E-state index in [1.165, 1.54) is 23.8 Å². The van der Waals surface area contributed by atoms with Crippen LogP contribution in [0.15, 0.2) is 47.4 Å². The lowest BCUT2D eigenvalue weighted by molar-refractivity contribution is -0.115. The molecule has 2 N–H and O–H groups in total. The van der Waals surface area contributed by atoms with E-state index in [0.717, 1.165) is 18.2 Å². The lowest BCUT2D eigenvalue weighted by Crippen LogP contribution is -2.30. The van der Waals surface area contributed by atoms with Crippen molar-refractivity contribution in [3.8, 4) is 0 Å². The van der Waals surface area contributed by atoms with Gasteiger partial charge in [-0.1, -0.05) is 42.8 Å². The fraction of sp³-hybridized carbons (Fsp3) is 0.316. The molecule has 140 valence electrons. The van der Waals surface area contributed by atoms with Crippen LogP contribution >= 0.6 is 11.6 Å². The SMILES string of the molecule is CCc1ccc([C@H](C)NCC(=O)Nc2cc(S(C)(=O)=O)ccc2Cl)cc1. The van der Waals surface area contributed by atoms with E-state index in [1.54, 1.807) is 0 Å². The molecule has 2 aromatic carbocycles. The van der Waals surface area contributed by atoms with Crippen molar-refractivity contribution in [1.29, 1.82) is 0 Å². The predicted octanol–water partition coefficient (Wildman–Crippen LogP) is 3.60. The zero-order chi connectivity index (χ0) is 19.3. The van der Waals surface area contributed by atoms with Gasteiger partial charge in [-0.25, -0.2) is 8.42 Å². The molecule has 0 fully saturated rings. The fourth-order valence-electron chi connectivity index (χ4n) is 2.43. The number of aryl methyl sites for hydroxylation is 1. The Bertz CT molecular complexity index is 880. The zero-order valence-electron chi connectivity index (χ0n) is 15.0. The molecule has 0 spiro atoms. The second-order valence-electron chi connectivity index (χ2n) is 6.16. The highest BCUT2D eigenvalue weighted by atomic mass is 35.5. The average Bonchev–Trinajstić information content (AvgIpc) is 2.60. The minimum absolute atomic E-state index is 0.00415. The van der Waals surface area contributed by atoms with Crippen molar-refractivity contribution in [2.45, 2.75) is 31.2 Å². The molecule has 0 saturated heterocycles. The van der Waals surface area contributed by atoms with Crippen LogP contribution in [0.3, 0.4) is 0 Å². The Balaban J connectivity index is 1.98. The largest absolute Gasteiger partial charge is 0.324 e. The van der Waals surface area contributed by atoms with Crippen LogP contribution in [0.25, 0.3) is 0 Å². The molecular weight excluding hydrogens is 372 g/mol. The first-order valence-electron chi connectivity index (χ1n) is 8.32. The molecule has 0 saturated carbocycles. The van der Waals surface area contributed by atoms with Gasteiger partial charge in [0.15, 0.2) is 9.84 Å². The number of rotatable bonds is 7. The smallest absolute Gasteiger partial charge is 0.238 e. The van der Waals surface area contributed by atoms with Crippen molar-refractivity contribution in [3.63, 3.8) is 0 Å². The highest BCUT2D eigenvalue weighted by Crippen LogP contribution is 2.25. The molecule has 0 radical (unpaired) electrons. The molecule has 2 rings (SSSR count). The first-order valence-corrected chi connectivity index (χ1v) is 10.6. The maximum atomic E-state index is 12.2. The lowest BCUT2D eigenvalue weighted by atomic mass is 10.1. The van der Waals surface area contributed by atoms with Crippen molar-refractivity contribution < 1.29 is 13.2 Å². The Morgan fingerprint density at radius 3 is 2.38 bits per heavy atom. The first-order chi connectivity index (χ1) is 12.2. The molecule has 26 heavy (non-hydrogen) atoms. The predicted molar refractivity (Wildman–Crippen MR) is 105 cm³/mol. The van der Waals surface area contributed by atoms with Crippen molar-refractivity contribution in [2.75, 3.05) is 18.1 Å².